The minimum Gasteiger partial charge on any atom is -0.341 e. The van der Waals surface area contributed by atoms with E-state index in [1.54, 1.807) is 0 Å². The Balaban J connectivity index is 1.52. The third kappa shape index (κ3) is 4.21. The third-order valence-electron chi connectivity index (χ3n) is 5.88. The summed E-state index contributed by atoms with van der Waals surface area (Å²) in [5.41, 5.74) is 0. The number of nitrogens with one attached hydrogen (secondary N) is 2. The lowest BCUT2D eigenvalue weighted by molar-refractivity contribution is -0.138. The van der Waals surface area contributed by atoms with E-state index in [9.17, 15) is 9.59 Å². The first kappa shape index (κ1) is 17.5. The molecule has 24 heavy (non-hydrogen) atoms. The fourth-order valence-electron chi connectivity index (χ4n) is 4.37. The summed E-state index contributed by atoms with van der Waals surface area (Å²) in [6.45, 7) is 3.03. The van der Waals surface area contributed by atoms with E-state index in [2.05, 4.69) is 10.6 Å². The van der Waals surface area contributed by atoms with Crippen molar-refractivity contribution in [1.29, 1.82) is 0 Å². The van der Waals surface area contributed by atoms with Crippen molar-refractivity contribution in [2.75, 3.05) is 33.2 Å². The number of carbonyl (C=O) groups is 2. The highest BCUT2D eigenvalue weighted by Gasteiger charge is 2.33. The Labute approximate surface area is 145 Å². The van der Waals surface area contributed by atoms with Crippen LogP contribution in [0, 0.1) is 5.92 Å². The van der Waals surface area contributed by atoms with Crippen LogP contribution in [0.2, 0.25) is 0 Å². The normalized spacial score (nSPS) is 28.9. The highest BCUT2D eigenvalue weighted by Crippen LogP contribution is 2.22. The number of rotatable bonds is 3. The van der Waals surface area contributed by atoms with Gasteiger partial charge >= 0.3 is 6.03 Å². The fraction of sp³-hybridized carbons (Fsp3) is 0.889. The maximum absolute atomic E-state index is 12.9. The van der Waals surface area contributed by atoms with E-state index in [4.69, 9.17) is 0 Å². The molecule has 2 unspecified atom stereocenters. The number of carbonyl (C=O) groups excluding carboxylic acids is 2. The van der Waals surface area contributed by atoms with Gasteiger partial charge in [-0.15, -0.1) is 0 Å². The molecule has 2 heterocycles. The van der Waals surface area contributed by atoms with Crippen LogP contribution in [-0.4, -0.2) is 67.0 Å². The molecule has 3 fully saturated rings. The average Bonchev–Trinajstić information content (AvgIpc) is 3.14. The zero-order chi connectivity index (χ0) is 16.9. The Hall–Kier alpha value is -1.30. The van der Waals surface area contributed by atoms with E-state index >= 15 is 0 Å². The molecule has 2 atom stereocenters. The maximum atomic E-state index is 12.9. The van der Waals surface area contributed by atoms with Crippen molar-refractivity contribution in [2.24, 2.45) is 5.92 Å². The monoisotopic (exact) mass is 336 g/mol. The predicted molar refractivity (Wildman–Crippen MR) is 93.7 cm³/mol. The summed E-state index contributed by atoms with van der Waals surface area (Å²) >= 11 is 0. The average molecular weight is 336 g/mol. The van der Waals surface area contributed by atoms with Crippen LogP contribution in [0.25, 0.3) is 0 Å². The zero-order valence-corrected chi connectivity index (χ0v) is 14.9. The van der Waals surface area contributed by atoms with E-state index in [0.717, 1.165) is 58.2 Å². The van der Waals surface area contributed by atoms with E-state index in [1.165, 1.54) is 12.8 Å². The van der Waals surface area contributed by atoms with Crippen molar-refractivity contribution in [3.8, 4) is 0 Å². The first-order valence-corrected chi connectivity index (χ1v) is 9.69. The van der Waals surface area contributed by atoms with E-state index < -0.39 is 0 Å². The number of likely N-dealkylation sites (N-methyl/N-ethyl adjacent to an activating group) is 1. The third-order valence-corrected chi connectivity index (χ3v) is 5.88. The Morgan fingerprint density at radius 3 is 2.25 bits per heavy atom. The molecule has 2 saturated heterocycles. The molecular weight excluding hydrogens is 304 g/mol. The number of amides is 3. The second kappa shape index (κ2) is 8.19. The predicted octanol–water partition coefficient (Wildman–Crippen LogP) is 1.56. The van der Waals surface area contributed by atoms with Gasteiger partial charge in [-0.3, -0.25) is 4.79 Å². The molecule has 6 nitrogen and oxygen atoms in total. The van der Waals surface area contributed by atoms with Gasteiger partial charge in [-0.05, 0) is 45.6 Å². The second-order valence-corrected chi connectivity index (χ2v) is 7.63. The summed E-state index contributed by atoms with van der Waals surface area (Å²) in [7, 11) is 1.97. The Kier molecular flexibility index (Phi) is 5.98. The fourth-order valence-corrected chi connectivity index (χ4v) is 4.37. The Bertz CT molecular complexity index is 450. The molecule has 0 bridgehead atoms. The molecule has 136 valence electrons. The number of urea groups is 1. The van der Waals surface area contributed by atoms with Crippen LogP contribution < -0.4 is 10.6 Å². The van der Waals surface area contributed by atoms with Crippen molar-refractivity contribution < 1.29 is 9.59 Å². The van der Waals surface area contributed by atoms with Gasteiger partial charge in [0.25, 0.3) is 0 Å². The standard InChI is InChI=1S/C18H32N4O2/c1-19-16-9-5-10-21(13-16)17(23)14-6-4-11-22(12-14)18(24)20-15-7-2-3-8-15/h14-16,19H,2-13H2,1H3,(H,20,24). The van der Waals surface area contributed by atoms with Gasteiger partial charge in [-0.25, -0.2) is 4.79 Å². The number of likely N-dealkylation sites (tertiary alicyclic amines) is 2. The van der Waals surface area contributed by atoms with Crippen LogP contribution in [0.4, 0.5) is 4.79 Å². The second-order valence-electron chi connectivity index (χ2n) is 7.63. The van der Waals surface area contributed by atoms with Gasteiger partial charge in [0.15, 0.2) is 0 Å². The number of nitrogens with zero attached hydrogens (tertiary/aromatic N) is 2. The molecule has 2 N–H and O–H groups in total. The topological polar surface area (TPSA) is 64.7 Å². The lowest BCUT2D eigenvalue weighted by Crippen LogP contribution is -2.53. The van der Waals surface area contributed by atoms with Crippen LogP contribution in [0.3, 0.4) is 0 Å². The lowest BCUT2D eigenvalue weighted by Gasteiger charge is -2.38. The molecule has 3 aliphatic rings. The minimum absolute atomic E-state index is 0.0244. The highest BCUT2D eigenvalue weighted by atomic mass is 16.2. The minimum atomic E-state index is -0.0244. The molecule has 0 aromatic carbocycles. The van der Waals surface area contributed by atoms with E-state index in [0.29, 0.717) is 18.6 Å². The van der Waals surface area contributed by atoms with Crippen molar-refractivity contribution in [1.82, 2.24) is 20.4 Å². The van der Waals surface area contributed by atoms with Gasteiger partial charge in [0.2, 0.25) is 5.91 Å². The first-order valence-electron chi connectivity index (χ1n) is 9.69. The summed E-state index contributed by atoms with van der Waals surface area (Å²) in [6.07, 6.45) is 8.67. The van der Waals surface area contributed by atoms with Crippen LogP contribution >= 0.6 is 0 Å². The lowest BCUT2D eigenvalue weighted by atomic mass is 9.95. The quantitative estimate of drug-likeness (QED) is 0.822. The van der Waals surface area contributed by atoms with Gasteiger partial charge in [-0.1, -0.05) is 12.8 Å². The van der Waals surface area contributed by atoms with Gasteiger partial charge in [0, 0.05) is 38.3 Å². The smallest absolute Gasteiger partial charge is 0.317 e. The van der Waals surface area contributed by atoms with E-state index in [1.807, 2.05) is 16.8 Å². The molecule has 0 aromatic heterocycles. The van der Waals surface area contributed by atoms with Crippen LogP contribution in [0.1, 0.15) is 51.4 Å². The van der Waals surface area contributed by atoms with Crippen molar-refractivity contribution in [3.63, 3.8) is 0 Å². The largest absolute Gasteiger partial charge is 0.341 e. The summed E-state index contributed by atoms with van der Waals surface area (Å²) in [6, 6.07) is 0.784. The molecule has 6 heteroatoms. The first-order chi connectivity index (χ1) is 11.7. The summed E-state index contributed by atoms with van der Waals surface area (Å²) in [5, 5.41) is 6.45. The summed E-state index contributed by atoms with van der Waals surface area (Å²) in [5.74, 6) is 0.219. The Morgan fingerprint density at radius 2 is 1.50 bits per heavy atom. The molecule has 0 aromatic rings. The Morgan fingerprint density at radius 1 is 0.833 bits per heavy atom. The van der Waals surface area contributed by atoms with Gasteiger partial charge in [-0.2, -0.15) is 0 Å². The van der Waals surface area contributed by atoms with Crippen LogP contribution in [0.5, 0.6) is 0 Å². The van der Waals surface area contributed by atoms with Crippen LogP contribution in [-0.2, 0) is 4.79 Å². The maximum Gasteiger partial charge on any atom is 0.317 e. The van der Waals surface area contributed by atoms with Gasteiger partial charge < -0.3 is 20.4 Å². The van der Waals surface area contributed by atoms with E-state index in [-0.39, 0.29) is 17.9 Å². The summed E-state index contributed by atoms with van der Waals surface area (Å²) < 4.78 is 0. The molecule has 2 aliphatic heterocycles. The molecule has 0 spiro atoms. The molecule has 0 radical (unpaired) electrons. The SMILES string of the molecule is CNC1CCCN(C(=O)C2CCCN(C(=O)NC3CCCC3)C2)C1. The molecular formula is C18H32N4O2. The molecule has 3 rings (SSSR count). The summed E-state index contributed by atoms with van der Waals surface area (Å²) in [4.78, 5) is 29.2. The van der Waals surface area contributed by atoms with Crippen molar-refractivity contribution in [2.45, 2.75) is 63.5 Å². The van der Waals surface area contributed by atoms with Crippen LogP contribution in [0.15, 0.2) is 0 Å². The number of hydrogen-bond donors (Lipinski definition) is 2. The molecule has 1 saturated carbocycles. The zero-order valence-electron chi connectivity index (χ0n) is 14.9. The number of piperidine rings is 2. The van der Waals surface area contributed by atoms with Crippen molar-refractivity contribution >= 4 is 11.9 Å². The molecule has 1 aliphatic carbocycles. The van der Waals surface area contributed by atoms with Gasteiger partial charge in [0.05, 0.1) is 5.92 Å². The van der Waals surface area contributed by atoms with Gasteiger partial charge in [0.1, 0.15) is 0 Å². The number of hydrogen-bond acceptors (Lipinski definition) is 3. The highest BCUT2D eigenvalue weighted by molar-refractivity contribution is 5.81. The van der Waals surface area contributed by atoms with Crippen molar-refractivity contribution in [3.05, 3.63) is 0 Å². The molecule has 3 amide bonds.